The van der Waals surface area contributed by atoms with Crippen LogP contribution in [0.1, 0.15) is 39.4 Å². The first-order valence-corrected chi connectivity index (χ1v) is 8.14. The molecule has 1 aromatic heterocycles. The summed E-state index contributed by atoms with van der Waals surface area (Å²) in [6.45, 7) is 8.83. The van der Waals surface area contributed by atoms with Gasteiger partial charge in [0.1, 0.15) is 5.82 Å². The fourth-order valence-corrected chi connectivity index (χ4v) is 3.07. The van der Waals surface area contributed by atoms with Crippen LogP contribution < -0.4 is 5.32 Å². The maximum atomic E-state index is 4.43. The minimum absolute atomic E-state index is 0.819. The molecule has 0 fully saturated rings. The number of hydrogen-bond donors (Lipinski definition) is 1. The maximum absolute atomic E-state index is 4.43. The molecule has 98 valence electrons. The summed E-state index contributed by atoms with van der Waals surface area (Å²) in [7, 11) is 0. The highest BCUT2D eigenvalue weighted by molar-refractivity contribution is 8.00. The Labute approximate surface area is 113 Å². The molecule has 0 aliphatic heterocycles. The molecule has 0 aromatic carbocycles. The molecule has 0 radical (unpaired) electrons. The number of hydrogen-bond acceptors (Lipinski definition) is 5. The average molecular weight is 273 g/mol. The van der Waals surface area contributed by atoms with E-state index in [-0.39, 0.29) is 0 Å². The number of aryl methyl sites for hydroxylation is 1. The van der Waals surface area contributed by atoms with Crippen LogP contribution in [-0.4, -0.2) is 28.2 Å². The summed E-state index contributed by atoms with van der Waals surface area (Å²) in [5, 5.41) is 3.47. The van der Waals surface area contributed by atoms with E-state index in [0.717, 1.165) is 41.3 Å². The molecule has 0 unspecified atom stereocenters. The minimum atomic E-state index is 0.819. The van der Waals surface area contributed by atoms with E-state index in [0.29, 0.717) is 0 Å². The fraction of sp³-hybridized carbons (Fsp3) is 0.833. The summed E-state index contributed by atoms with van der Waals surface area (Å²) < 4.78 is 5.37. The molecule has 17 heavy (non-hydrogen) atoms. The summed E-state index contributed by atoms with van der Waals surface area (Å²) in [6, 6.07) is 0. The van der Waals surface area contributed by atoms with Crippen molar-refractivity contribution in [1.82, 2.24) is 14.7 Å². The van der Waals surface area contributed by atoms with Crippen LogP contribution in [0, 0.1) is 5.92 Å². The first-order valence-electron chi connectivity index (χ1n) is 6.38. The van der Waals surface area contributed by atoms with Gasteiger partial charge in [0.2, 0.25) is 0 Å². The van der Waals surface area contributed by atoms with Gasteiger partial charge in [-0.3, -0.25) is 0 Å². The molecule has 1 N–H and O–H groups in total. The summed E-state index contributed by atoms with van der Waals surface area (Å²) in [4.78, 5) is 4.43. The molecule has 1 heterocycles. The van der Waals surface area contributed by atoms with Crippen LogP contribution in [0.3, 0.4) is 0 Å². The predicted octanol–water partition coefficient (Wildman–Crippen LogP) is 3.22. The Kier molecular flexibility index (Phi) is 7.81. The van der Waals surface area contributed by atoms with Gasteiger partial charge >= 0.3 is 0 Å². The zero-order valence-corrected chi connectivity index (χ0v) is 12.7. The van der Waals surface area contributed by atoms with Crippen molar-refractivity contribution in [2.75, 3.05) is 18.8 Å². The van der Waals surface area contributed by atoms with Crippen molar-refractivity contribution in [3.8, 4) is 0 Å². The lowest BCUT2D eigenvalue weighted by Gasteiger charge is -2.05. The molecule has 0 atom stereocenters. The van der Waals surface area contributed by atoms with Gasteiger partial charge in [-0.2, -0.15) is 4.37 Å². The van der Waals surface area contributed by atoms with E-state index in [2.05, 4.69) is 35.4 Å². The first kappa shape index (κ1) is 14.9. The standard InChI is InChI=1S/C12H23N3S2/c1-4-11-14-12(17-15-11)16-9-8-13-7-5-6-10(2)3/h10,13H,4-9H2,1-3H3. The highest BCUT2D eigenvalue weighted by Crippen LogP contribution is 2.19. The highest BCUT2D eigenvalue weighted by atomic mass is 32.2. The summed E-state index contributed by atoms with van der Waals surface area (Å²) in [5.41, 5.74) is 0. The van der Waals surface area contributed by atoms with Gasteiger partial charge in [-0.25, -0.2) is 4.98 Å². The van der Waals surface area contributed by atoms with Crippen molar-refractivity contribution < 1.29 is 0 Å². The Balaban J connectivity index is 1.97. The number of nitrogens with zero attached hydrogens (tertiary/aromatic N) is 2. The topological polar surface area (TPSA) is 37.8 Å². The number of nitrogens with one attached hydrogen (secondary N) is 1. The lowest BCUT2D eigenvalue weighted by molar-refractivity contribution is 0.534. The zero-order valence-electron chi connectivity index (χ0n) is 11.0. The van der Waals surface area contributed by atoms with Crippen molar-refractivity contribution in [2.24, 2.45) is 5.92 Å². The van der Waals surface area contributed by atoms with Gasteiger partial charge in [-0.05, 0) is 36.8 Å². The van der Waals surface area contributed by atoms with Crippen molar-refractivity contribution >= 4 is 23.3 Å². The molecule has 0 bridgehead atoms. The van der Waals surface area contributed by atoms with Gasteiger partial charge in [0, 0.05) is 18.7 Å². The Morgan fingerprint density at radius 2 is 2.18 bits per heavy atom. The van der Waals surface area contributed by atoms with E-state index in [4.69, 9.17) is 0 Å². The molecular weight excluding hydrogens is 250 g/mol. The number of rotatable bonds is 9. The van der Waals surface area contributed by atoms with Crippen molar-refractivity contribution in [3.05, 3.63) is 5.82 Å². The minimum Gasteiger partial charge on any atom is -0.316 e. The van der Waals surface area contributed by atoms with Gasteiger partial charge in [0.25, 0.3) is 0 Å². The first-order chi connectivity index (χ1) is 8.22. The second-order valence-corrected chi connectivity index (χ2v) is 6.56. The third-order valence-electron chi connectivity index (χ3n) is 2.41. The van der Waals surface area contributed by atoms with Crippen LogP contribution in [-0.2, 0) is 6.42 Å². The van der Waals surface area contributed by atoms with Gasteiger partial charge in [-0.15, -0.1) is 0 Å². The normalized spacial score (nSPS) is 11.3. The SMILES string of the molecule is CCc1nsc(SCCNCCCC(C)C)n1. The molecule has 0 aliphatic carbocycles. The van der Waals surface area contributed by atoms with Crippen molar-refractivity contribution in [1.29, 1.82) is 0 Å². The Morgan fingerprint density at radius 1 is 1.35 bits per heavy atom. The van der Waals surface area contributed by atoms with Crippen LogP contribution in [0.4, 0.5) is 0 Å². The molecule has 0 amide bonds. The van der Waals surface area contributed by atoms with Crippen LogP contribution in [0.25, 0.3) is 0 Å². The molecule has 0 saturated carbocycles. The largest absolute Gasteiger partial charge is 0.316 e. The van der Waals surface area contributed by atoms with Crippen molar-refractivity contribution in [2.45, 2.75) is 44.4 Å². The third kappa shape index (κ3) is 7.01. The third-order valence-corrected chi connectivity index (χ3v) is 4.28. The van der Waals surface area contributed by atoms with Gasteiger partial charge in [0.05, 0.1) is 0 Å². The Morgan fingerprint density at radius 3 is 2.82 bits per heavy atom. The van der Waals surface area contributed by atoms with E-state index in [1.165, 1.54) is 24.4 Å². The number of aromatic nitrogens is 2. The molecule has 3 nitrogen and oxygen atoms in total. The van der Waals surface area contributed by atoms with Gasteiger partial charge in [-0.1, -0.05) is 32.5 Å². The van der Waals surface area contributed by atoms with E-state index in [9.17, 15) is 0 Å². The molecular formula is C12H23N3S2. The van der Waals surface area contributed by atoms with Crippen LogP contribution in [0.5, 0.6) is 0 Å². The molecule has 0 spiro atoms. The second-order valence-electron chi connectivity index (χ2n) is 4.46. The van der Waals surface area contributed by atoms with E-state index in [1.54, 1.807) is 11.8 Å². The Hall–Kier alpha value is -0.130. The van der Waals surface area contributed by atoms with E-state index in [1.807, 2.05) is 0 Å². The summed E-state index contributed by atoms with van der Waals surface area (Å²) >= 11 is 3.32. The summed E-state index contributed by atoms with van der Waals surface area (Å²) in [6.07, 6.45) is 3.53. The van der Waals surface area contributed by atoms with Crippen molar-refractivity contribution in [3.63, 3.8) is 0 Å². The smallest absolute Gasteiger partial charge is 0.170 e. The second kappa shape index (κ2) is 8.89. The van der Waals surface area contributed by atoms with E-state index < -0.39 is 0 Å². The molecule has 1 aromatic rings. The summed E-state index contributed by atoms with van der Waals surface area (Å²) in [5.74, 6) is 2.88. The Bertz CT molecular complexity index is 300. The van der Waals surface area contributed by atoms with Gasteiger partial charge in [0.15, 0.2) is 4.34 Å². The molecule has 1 rings (SSSR count). The molecule has 0 aliphatic rings. The monoisotopic (exact) mass is 273 g/mol. The lowest BCUT2D eigenvalue weighted by Crippen LogP contribution is -2.18. The van der Waals surface area contributed by atoms with Gasteiger partial charge < -0.3 is 5.32 Å². The fourth-order valence-electron chi connectivity index (χ4n) is 1.41. The van der Waals surface area contributed by atoms with E-state index >= 15 is 0 Å². The molecule has 5 heteroatoms. The predicted molar refractivity (Wildman–Crippen MR) is 77.0 cm³/mol. The molecule has 0 saturated heterocycles. The van der Waals surface area contributed by atoms with Crippen LogP contribution in [0.15, 0.2) is 4.34 Å². The lowest BCUT2D eigenvalue weighted by atomic mass is 10.1. The van der Waals surface area contributed by atoms with Crippen LogP contribution in [0.2, 0.25) is 0 Å². The van der Waals surface area contributed by atoms with Crippen LogP contribution >= 0.6 is 23.3 Å². The quantitative estimate of drug-likeness (QED) is 0.554. The average Bonchev–Trinajstić information content (AvgIpc) is 2.75. The highest BCUT2D eigenvalue weighted by Gasteiger charge is 2.02. The maximum Gasteiger partial charge on any atom is 0.170 e. The number of thioether (sulfide) groups is 1. The zero-order chi connectivity index (χ0) is 12.5.